The third kappa shape index (κ3) is 2.16. The lowest BCUT2D eigenvalue weighted by atomic mass is 10.1. The maximum atomic E-state index is 14.0. The highest BCUT2D eigenvalue weighted by Crippen LogP contribution is 2.42. The highest BCUT2D eigenvalue weighted by molar-refractivity contribution is 5.95. The minimum Gasteiger partial charge on any atom is -0.468 e. The summed E-state index contributed by atoms with van der Waals surface area (Å²) in [6, 6.07) is 4.66. The van der Waals surface area contributed by atoms with Crippen LogP contribution in [0, 0.1) is 5.82 Å². The van der Waals surface area contributed by atoms with Crippen LogP contribution in [-0.4, -0.2) is 15.9 Å². The number of amides is 1. The Kier molecular flexibility index (Phi) is 2.96. The van der Waals surface area contributed by atoms with E-state index in [9.17, 15) is 9.18 Å². The quantitative estimate of drug-likeness (QED) is 0.777. The molecule has 4 rings (SSSR count). The van der Waals surface area contributed by atoms with Crippen LogP contribution in [0.1, 0.15) is 40.4 Å². The Morgan fingerprint density at radius 3 is 3.09 bits per heavy atom. The van der Waals surface area contributed by atoms with E-state index in [1.165, 1.54) is 18.7 Å². The van der Waals surface area contributed by atoms with Gasteiger partial charge in [0.2, 0.25) is 0 Å². The van der Waals surface area contributed by atoms with Gasteiger partial charge >= 0.3 is 0 Å². The summed E-state index contributed by atoms with van der Waals surface area (Å²) in [6.07, 6.45) is 5.14. The molecule has 3 aromatic rings. The molecule has 22 heavy (non-hydrogen) atoms. The second-order valence-electron chi connectivity index (χ2n) is 5.48. The van der Waals surface area contributed by atoms with Crippen molar-refractivity contribution in [3.05, 3.63) is 53.5 Å². The number of nitrogens with one attached hydrogen (secondary N) is 2. The summed E-state index contributed by atoms with van der Waals surface area (Å²) in [5.74, 6) is 0.454. The van der Waals surface area contributed by atoms with Crippen LogP contribution < -0.4 is 5.32 Å². The van der Waals surface area contributed by atoms with Crippen LogP contribution in [0.5, 0.6) is 0 Å². The fourth-order valence-electron chi connectivity index (χ4n) is 2.64. The predicted molar refractivity (Wildman–Crippen MR) is 77.9 cm³/mol. The van der Waals surface area contributed by atoms with E-state index in [0.717, 1.165) is 24.1 Å². The Morgan fingerprint density at radius 1 is 1.41 bits per heavy atom. The molecule has 0 saturated heterocycles. The molecule has 0 atom stereocenters. The van der Waals surface area contributed by atoms with Crippen molar-refractivity contribution >= 4 is 16.9 Å². The van der Waals surface area contributed by atoms with Crippen molar-refractivity contribution in [1.82, 2.24) is 15.3 Å². The Labute approximate surface area is 125 Å². The first-order valence-electron chi connectivity index (χ1n) is 7.20. The SMILES string of the molecule is O=C(NCc1c(F)ccc2[nH]cnc12)c1ccoc1C1CC1. The lowest BCUT2D eigenvalue weighted by molar-refractivity contribution is 0.0948. The number of rotatable bonds is 4. The van der Waals surface area contributed by atoms with Crippen molar-refractivity contribution in [2.75, 3.05) is 0 Å². The van der Waals surface area contributed by atoms with Crippen LogP contribution in [0.25, 0.3) is 11.0 Å². The molecule has 5 nitrogen and oxygen atoms in total. The molecular formula is C16H14FN3O2. The van der Waals surface area contributed by atoms with Gasteiger partial charge in [0.15, 0.2) is 0 Å². The Bertz CT molecular complexity index is 848. The van der Waals surface area contributed by atoms with E-state index in [1.54, 1.807) is 12.1 Å². The highest BCUT2D eigenvalue weighted by atomic mass is 19.1. The third-order valence-electron chi connectivity index (χ3n) is 3.95. The minimum absolute atomic E-state index is 0.0855. The van der Waals surface area contributed by atoms with Gasteiger partial charge < -0.3 is 14.7 Å². The Morgan fingerprint density at radius 2 is 2.27 bits per heavy atom. The molecule has 0 unspecified atom stereocenters. The summed E-state index contributed by atoms with van der Waals surface area (Å²) in [5, 5.41) is 2.75. The summed E-state index contributed by atoms with van der Waals surface area (Å²) >= 11 is 0. The lowest BCUT2D eigenvalue weighted by Gasteiger charge is -2.07. The van der Waals surface area contributed by atoms with Gasteiger partial charge in [0, 0.05) is 18.0 Å². The number of imidazole rings is 1. The van der Waals surface area contributed by atoms with Crippen molar-refractivity contribution in [3.63, 3.8) is 0 Å². The molecule has 1 amide bonds. The number of fused-ring (bicyclic) bond motifs is 1. The number of halogens is 1. The molecule has 2 heterocycles. The van der Waals surface area contributed by atoms with Crippen LogP contribution in [0.4, 0.5) is 4.39 Å². The third-order valence-corrected chi connectivity index (χ3v) is 3.95. The van der Waals surface area contributed by atoms with Gasteiger partial charge in [-0.3, -0.25) is 4.79 Å². The zero-order valence-corrected chi connectivity index (χ0v) is 11.7. The molecule has 0 radical (unpaired) electrons. The Hall–Kier alpha value is -2.63. The molecule has 112 valence electrons. The number of carbonyl (C=O) groups is 1. The van der Waals surface area contributed by atoms with E-state index in [2.05, 4.69) is 15.3 Å². The normalized spacial score (nSPS) is 14.4. The largest absolute Gasteiger partial charge is 0.468 e. The summed E-state index contributed by atoms with van der Waals surface area (Å²) in [5.41, 5.74) is 2.20. The minimum atomic E-state index is -0.380. The summed E-state index contributed by atoms with van der Waals surface area (Å²) in [7, 11) is 0. The fourth-order valence-corrected chi connectivity index (χ4v) is 2.64. The second-order valence-corrected chi connectivity index (χ2v) is 5.48. The van der Waals surface area contributed by atoms with E-state index in [4.69, 9.17) is 4.42 Å². The van der Waals surface area contributed by atoms with Crippen molar-refractivity contribution in [1.29, 1.82) is 0 Å². The van der Waals surface area contributed by atoms with Crippen molar-refractivity contribution in [3.8, 4) is 0 Å². The van der Waals surface area contributed by atoms with Gasteiger partial charge in [-0.25, -0.2) is 9.37 Å². The molecule has 0 bridgehead atoms. The first-order chi connectivity index (χ1) is 10.7. The smallest absolute Gasteiger partial charge is 0.255 e. The second kappa shape index (κ2) is 4.98. The van der Waals surface area contributed by atoms with Gasteiger partial charge in [0.1, 0.15) is 11.6 Å². The molecular weight excluding hydrogens is 285 g/mol. The zero-order chi connectivity index (χ0) is 15.1. The van der Waals surface area contributed by atoms with Crippen LogP contribution in [0.2, 0.25) is 0 Å². The lowest BCUT2D eigenvalue weighted by Crippen LogP contribution is -2.24. The molecule has 1 aliphatic rings. The summed E-state index contributed by atoms with van der Waals surface area (Å²) in [6.45, 7) is 0.0855. The van der Waals surface area contributed by atoms with Crippen LogP contribution in [0.15, 0.2) is 35.2 Å². The van der Waals surface area contributed by atoms with E-state index in [0.29, 0.717) is 22.6 Å². The average molecular weight is 299 g/mol. The first-order valence-corrected chi connectivity index (χ1v) is 7.20. The zero-order valence-electron chi connectivity index (χ0n) is 11.7. The molecule has 2 N–H and O–H groups in total. The van der Waals surface area contributed by atoms with Crippen LogP contribution in [-0.2, 0) is 6.54 Å². The van der Waals surface area contributed by atoms with Gasteiger partial charge in [-0.05, 0) is 31.0 Å². The topological polar surface area (TPSA) is 70.9 Å². The number of H-pyrrole nitrogens is 1. The van der Waals surface area contributed by atoms with Crippen molar-refractivity contribution in [2.45, 2.75) is 25.3 Å². The van der Waals surface area contributed by atoms with Crippen molar-refractivity contribution < 1.29 is 13.6 Å². The van der Waals surface area contributed by atoms with E-state index in [-0.39, 0.29) is 18.3 Å². The van der Waals surface area contributed by atoms with Gasteiger partial charge in [-0.1, -0.05) is 0 Å². The van der Waals surface area contributed by atoms with Gasteiger partial charge in [-0.2, -0.15) is 0 Å². The molecule has 1 aromatic carbocycles. The monoisotopic (exact) mass is 299 g/mol. The molecule has 1 aliphatic carbocycles. The molecule has 1 saturated carbocycles. The number of aromatic nitrogens is 2. The molecule has 1 fully saturated rings. The summed E-state index contributed by atoms with van der Waals surface area (Å²) in [4.78, 5) is 19.3. The molecule has 0 aliphatic heterocycles. The van der Waals surface area contributed by atoms with E-state index < -0.39 is 0 Å². The first kappa shape index (κ1) is 13.1. The summed E-state index contributed by atoms with van der Waals surface area (Å²) < 4.78 is 19.4. The van der Waals surface area contributed by atoms with Gasteiger partial charge in [-0.15, -0.1) is 0 Å². The maximum absolute atomic E-state index is 14.0. The number of nitrogens with zero attached hydrogens (tertiary/aromatic N) is 1. The standard InChI is InChI=1S/C16H14FN3O2/c17-12-3-4-13-14(20-8-19-13)11(12)7-18-16(21)10-5-6-22-15(10)9-1-2-9/h3-6,8-9H,1-2,7H2,(H,18,21)(H,19,20). The number of hydrogen-bond acceptors (Lipinski definition) is 3. The number of hydrogen-bond donors (Lipinski definition) is 2. The van der Waals surface area contributed by atoms with Gasteiger partial charge in [0.05, 0.1) is 29.2 Å². The number of aromatic amines is 1. The van der Waals surface area contributed by atoms with E-state index >= 15 is 0 Å². The van der Waals surface area contributed by atoms with Crippen LogP contribution >= 0.6 is 0 Å². The van der Waals surface area contributed by atoms with Crippen molar-refractivity contribution in [2.24, 2.45) is 0 Å². The Balaban J connectivity index is 1.56. The number of furan rings is 1. The molecule has 6 heteroatoms. The molecule has 0 spiro atoms. The highest BCUT2D eigenvalue weighted by Gasteiger charge is 2.31. The number of benzene rings is 1. The maximum Gasteiger partial charge on any atom is 0.255 e. The van der Waals surface area contributed by atoms with Gasteiger partial charge in [0.25, 0.3) is 5.91 Å². The number of carbonyl (C=O) groups excluding carboxylic acids is 1. The fraction of sp³-hybridized carbons (Fsp3) is 0.250. The van der Waals surface area contributed by atoms with E-state index in [1.807, 2.05) is 0 Å². The predicted octanol–water partition coefficient (Wildman–Crippen LogP) is 3.10. The van der Waals surface area contributed by atoms with Crippen LogP contribution in [0.3, 0.4) is 0 Å². The molecule has 2 aromatic heterocycles. The average Bonchev–Trinajstić information content (AvgIpc) is 3.06.